The normalized spacial score (nSPS) is 11.8. The molecule has 0 unspecified atom stereocenters. The quantitative estimate of drug-likeness (QED) is 0.157. The van der Waals surface area contributed by atoms with Gasteiger partial charge >= 0.3 is 0 Å². The van der Waals surface area contributed by atoms with Crippen LogP contribution in [0.25, 0.3) is 110 Å². The highest BCUT2D eigenvalue weighted by molar-refractivity contribution is 6.16. The third kappa shape index (κ3) is 4.97. The molecule has 0 aliphatic rings. The molecule has 4 heterocycles. The molecule has 6 nitrogen and oxygen atoms in total. The van der Waals surface area contributed by atoms with Gasteiger partial charge < -0.3 is 18.3 Å². The molecular formula is C59H36N6. The lowest BCUT2D eigenvalue weighted by Crippen LogP contribution is -2.17. The second-order valence-electron chi connectivity index (χ2n) is 16.7. The summed E-state index contributed by atoms with van der Waals surface area (Å²) in [4.78, 5) is 0. The molecule has 302 valence electrons. The van der Waals surface area contributed by atoms with Crippen LogP contribution in [0.2, 0.25) is 0 Å². The van der Waals surface area contributed by atoms with E-state index in [0.717, 1.165) is 98.5 Å². The zero-order chi connectivity index (χ0) is 43.3. The highest BCUT2D eigenvalue weighted by atomic mass is 15.1. The SMILES string of the molecule is C=CCc1ccc2c3ccccc3n(-c3c(C#N)c(-n4c5ccccc5c5ccccc54)c(-n4c5ccccc5c5ccccc54)c(-n4c5ccccc5c5ccccc54)c3C#N)c2c1. The maximum atomic E-state index is 12.2. The van der Waals surface area contributed by atoms with Crippen LogP contribution in [0.15, 0.2) is 201 Å². The number of allylic oxidation sites excluding steroid dienone is 1. The van der Waals surface area contributed by atoms with Crippen LogP contribution in [0, 0.1) is 22.7 Å². The van der Waals surface area contributed by atoms with Crippen molar-refractivity contribution in [2.75, 3.05) is 0 Å². The first-order valence-electron chi connectivity index (χ1n) is 21.8. The third-order valence-corrected chi connectivity index (χ3v) is 13.4. The van der Waals surface area contributed by atoms with Crippen molar-refractivity contribution >= 4 is 87.2 Å². The van der Waals surface area contributed by atoms with Crippen LogP contribution in [0.4, 0.5) is 0 Å². The molecule has 0 fully saturated rings. The Labute approximate surface area is 373 Å². The fourth-order valence-corrected chi connectivity index (χ4v) is 10.8. The van der Waals surface area contributed by atoms with Gasteiger partial charge in [-0.2, -0.15) is 10.5 Å². The Morgan fingerprint density at radius 1 is 0.338 bits per heavy atom. The lowest BCUT2D eigenvalue weighted by molar-refractivity contribution is 1.02. The summed E-state index contributed by atoms with van der Waals surface area (Å²) in [5.41, 5.74) is 12.0. The minimum absolute atomic E-state index is 0.381. The van der Waals surface area contributed by atoms with E-state index >= 15 is 0 Å². The van der Waals surface area contributed by atoms with Crippen molar-refractivity contribution in [2.24, 2.45) is 0 Å². The average molecular weight is 829 g/mol. The number of aromatic nitrogens is 4. The van der Waals surface area contributed by atoms with Gasteiger partial charge in [0.15, 0.2) is 0 Å². The highest BCUT2D eigenvalue weighted by Gasteiger charge is 2.34. The van der Waals surface area contributed by atoms with Gasteiger partial charge in [-0.15, -0.1) is 6.58 Å². The summed E-state index contributed by atoms with van der Waals surface area (Å²) in [5.74, 6) is 0. The fourth-order valence-electron chi connectivity index (χ4n) is 10.8. The van der Waals surface area contributed by atoms with Crippen LogP contribution in [-0.2, 0) is 6.42 Å². The summed E-state index contributed by atoms with van der Waals surface area (Å²) in [7, 11) is 0. The van der Waals surface area contributed by atoms with E-state index in [4.69, 9.17) is 0 Å². The number of nitrogens with zero attached hydrogens (tertiary/aromatic N) is 6. The molecule has 6 heteroatoms. The summed E-state index contributed by atoms with van der Waals surface area (Å²) >= 11 is 0. The molecule has 13 aromatic rings. The predicted molar refractivity (Wildman–Crippen MR) is 267 cm³/mol. The Bertz CT molecular complexity index is 3950. The van der Waals surface area contributed by atoms with E-state index in [1.807, 2.05) is 12.1 Å². The molecule has 0 spiro atoms. The number of nitriles is 2. The van der Waals surface area contributed by atoms with Crippen molar-refractivity contribution in [3.8, 4) is 34.9 Å². The van der Waals surface area contributed by atoms with Crippen LogP contribution >= 0.6 is 0 Å². The molecule has 0 atom stereocenters. The molecule has 0 aliphatic heterocycles. The van der Waals surface area contributed by atoms with Gasteiger partial charge in [-0.05, 0) is 60.5 Å². The van der Waals surface area contributed by atoms with E-state index in [1.54, 1.807) is 0 Å². The van der Waals surface area contributed by atoms with E-state index in [-0.39, 0.29) is 0 Å². The third-order valence-electron chi connectivity index (χ3n) is 13.4. The molecule has 0 amide bonds. The Balaban J connectivity index is 1.39. The molecule has 0 radical (unpaired) electrons. The predicted octanol–water partition coefficient (Wildman–Crippen LogP) is 14.5. The van der Waals surface area contributed by atoms with Crippen LogP contribution in [0.1, 0.15) is 16.7 Å². The molecule has 0 bridgehead atoms. The first-order valence-corrected chi connectivity index (χ1v) is 21.8. The van der Waals surface area contributed by atoms with E-state index in [2.05, 4.69) is 219 Å². The average Bonchev–Trinajstić information content (AvgIpc) is 4.08. The molecule has 0 saturated heterocycles. The molecule has 9 aromatic carbocycles. The first-order chi connectivity index (χ1) is 32.2. The summed E-state index contributed by atoms with van der Waals surface area (Å²) < 4.78 is 9.04. The number of fused-ring (bicyclic) bond motifs is 12. The standard InChI is InChI=1S/C59H36N6/c1-2-17-37-32-33-45-44-24-9-16-31-54(44)65(55(45)34-37)56-46(35-60)57(62-48-25-10-3-18-38(48)39-19-4-11-26-49(39)62)59(64-52-29-14-7-22-42(52)43-23-8-15-30-53(43)64)58(47(56)36-61)63-50-27-12-5-20-40(50)41-21-6-13-28-51(41)63/h2-16,18-34H,1,17H2. The van der Waals surface area contributed by atoms with Gasteiger partial charge in [-0.1, -0.05) is 146 Å². The monoisotopic (exact) mass is 828 g/mol. The van der Waals surface area contributed by atoms with Gasteiger partial charge in [0.1, 0.15) is 23.3 Å². The molecule has 65 heavy (non-hydrogen) atoms. The van der Waals surface area contributed by atoms with Crippen LogP contribution in [-0.4, -0.2) is 18.3 Å². The van der Waals surface area contributed by atoms with Crippen LogP contribution < -0.4 is 0 Å². The molecule has 0 saturated carbocycles. The van der Waals surface area contributed by atoms with E-state index in [0.29, 0.717) is 34.6 Å². The van der Waals surface area contributed by atoms with Crippen molar-refractivity contribution in [2.45, 2.75) is 6.42 Å². The second-order valence-corrected chi connectivity index (χ2v) is 16.7. The van der Waals surface area contributed by atoms with Crippen LogP contribution in [0.3, 0.4) is 0 Å². The summed E-state index contributed by atoms with van der Waals surface area (Å²) in [6.07, 6.45) is 2.58. The molecule has 0 aliphatic carbocycles. The molecule has 13 rings (SSSR count). The van der Waals surface area contributed by atoms with Crippen molar-refractivity contribution in [3.63, 3.8) is 0 Å². The minimum atomic E-state index is 0.381. The van der Waals surface area contributed by atoms with Gasteiger partial charge in [0.2, 0.25) is 0 Å². The maximum absolute atomic E-state index is 12.2. The number of benzene rings is 9. The van der Waals surface area contributed by atoms with Crippen molar-refractivity contribution in [1.82, 2.24) is 18.3 Å². The Morgan fingerprint density at radius 3 is 0.923 bits per heavy atom. The Kier molecular flexibility index (Phi) is 7.85. The summed E-state index contributed by atoms with van der Waals surface area (Å²) in [6.45, 7) is 4.07. The zero-order valence-electron chi connectivity index (χ0n) is 35.1. The van der Waals surface area contributed by atoms with E-state index in [9.17, 15) is 10.5 Å². The van der Waals surface area contributed by atoms with E-state index in [1.165, 1.54) is 0 Å². The fraction of sp³-hybridized carbons (Fsp3) is 0.0169. The first kappa shape index (κ1) is 36.5. The smallest absolute Gasteiger partial charge is 0.104 e. The van der Waals surface area contributed by atoms with Crippen molar-refractivity contribution < 1.29 is 0 Å². The summed E-state index contributed by atoms with van der Waals surface area (Å²) in [5, 5.41) is 33.0. The summed E-state index contributed by atoms with van der Waals surface area (Å²) in [6, 6.07) is 71.2. The van der Waals surface area contributed by atoms with Gasteiger partial charge in [-0.25, -0.2) is 0 Å². The second kappa shape index (κ2) is 14.0. The van der Waals surface area contributed by atoms with Crippen molar-refractivity contribution in [1.29, 1.82) is 10.5 Å². The number of hydrogen-bond donors (Lipinski definition) is 0. The van der Waals surface area contributed by atoms with Gasteiger partial charge in [0.05, 0.1) is 66.9 Å². The number of para-hydroxylation sites is 7. The lowest BCUT2D eigenvalue weighted by atomic mass is 9.98. The molecule has 4 aromatic heterocycles. The zero-order valence-corrected chi connectivity index (χ0v) is 35.1. The largest absolute Gasteiger partial charge is 0.306 e. The Hall–Kier alpha value is -9.10. The maximum Gasteiger partial charge on any atom is 0.104 e. The topological polar surface area (TPSA) is 67.3 Å². The van der Waals surface area contributed by atoms with Gasteiger partial charge in [0, 0.05) is 43.1 Å². The van der Waals surface area contributed by atoms with E-state index < -0.39 is 0 Å². The van der Waals surface area contributed by atoms with Gasteiger partial charge in [0.25, 0.3) is 0 Å². The number of rotatable bonds is 6. The lowest BCUT2D eigenvalue weighted by Gasteiger charge is -2.27. The van der Waals surface area contributed by atoms with Crippen LogP contribution in [0.5, 0.6) is 0 Å². The Morgan fingerprint density at radius 2 is 0.615 bits per heavy atom. The number of hydrogen-bond acceptors (Lipinski definition) is 2. The molecule has 0 N–H and O–H groups in total. The van der Waals surface area contributed by atoms with Gasteiger partial charge in [-0.3, -0.25) is 0 Å². The minimum Gasteiger partial charge on any atom is -0.306 e. The van der Waals surface area contributed by atoms with Crippen molar-refractivity contribution in [3.05, 3.63) is 217 Å². The highest BCUT2D eigenvalue weighted by Crippen LogP contribution is 2.48. The molecular weight excluding hydrogens is 793 g/mol.